The van der Waals surface area contributed by atoms with E-state index in [0.29, 0.717) is 19.6 Å². The summed E-state index contributed by atoms with van der Waals surface area (Å²) >= 11 is 0. The van der Waals surface area contributed by atoms with Crippen LogP contribution in [0.15, 0.2) is 0 Å². The van der Waals surface area contributed by atoms with Gasteiger partial charge in [0.15, 0.2) is 0 Å². The van der Waals surface area contributed by atoms with Crippen LogP contribution in [-0.4, -0.2) is 19.8 Å². The molecule has 62 valence electrons. The van der Waals surface area contributed by atoms with Gasteiger partial charge in [-0.3, -0.25) is 13.6 Å². The summed E-state index contributed by atoms with van der Waals surface area (Å²) < 4.78 is 25.4. The summed E-state index contributed by atoms with van der Waals surface area (Å²) in [5.74, 6) is 2.35. The highest BCUT2D eigenvalue weighted by Gasteiger charge is 2.31. The van der Waals surface area contributed by atoms with Gasteiger partial charge >= 0.3 is 7.82 Å². The highest BCUT2D eigenvalue weighted by Crippen LogP contribution is 2.52. The van der Waals surface area contributed by atoms with Gasteiger partial charge in [-0.25, -0.2) is 4.57 Å². The molecule has 0 aromatic rings. The zero-order valence-corrected chi connectivity index (χ0v) is 6.88. The first-order valence-corrected chi connectivity index (χ1v) is 4.70. The fourth-order valence-corrected chi connectivity index (χ4v) is 1.76. The molecule has 5 heteroatoms. The van der Waals surface area contributed by atoms with Crippen LogP contribution in [-0.2, 0) is 18.1 Å². The molecule has 1 saturated heterocycles. The van der Waals surface area contributed by atoms with Gasteiger partial charge < -0.3 is 0 Å². The Labute approximate surface area is 65.4 Å². The number of terminal acetylenes is 1. The van der Waals surface area contributed by atoms with Crippen molar-refractivity contribution in [3.05, 3.63) is 0 Å². The Kier molecular flexibility index (Phi) is 3.10. The molecule has 0 unspecified atom stereocenters. The highest BCUT2D eigenvalue weighted by molar-refractivity contribution is 7.48. The molecule has 0 N–H and O–H groups in total. The Morgan fingerprint density at radius 2 is 2.18 bits per heavy atom. The lowest BCUT2D eigenvalue weighted by molar-refractivity contribution is 0.194. The lowest BCUT2D eigenvalue weighted by Crippen LogP contribution is -1.91. The second-order valence-electron chi connectivity index (χ2n) is 1.90. The molecular formula is C6H9O4P. The van der Waals surface area contributed by atoms with Gasteiger partial charge in [-0.05, 0) is 0 Å². The van der Waals surface area contributed by atoms with Crippen molar-refractivity contribution >= 4 is 7.82 Å². The molecule has 1 fully saturated rings. The molecule has 1 aliphatic rings. The van der Waals surface area contributed by atoms with E-state index >= 15 is 0 Å². The summed E-state index contributed by atoms with van der Waals surface area (Å²) in [7, 11) is -3.20. The van der Waals surface area contributed by atoms with Crippen molar-refractivity contribution in [3.8, 4) is 12.3 Å². The van der Waals surface area contributed by atoms with Crippen molar-refractivity contribution in [1.82, 2.24) is 0 Å². The molecule has 1 rings (SSSR count). The maximum atomic E-state index is 11.2. The van der Waals surface area contributed by atoms with Gasteiger partial charge in [0.05, 0.1) is 19.8 Å². The van der Waals surface area contributed by atoms with Crippen LogP contribution in [0.3, 0.4) is 0 Å². The molecule has 1 heterocycles. The van der Waals surface area contributed by atoms with E-state index in [9.17, 15) is 4.57 Å². The molecule has 0 spiro atoms. The summed E-state index contributed by atoms with van der Waals surface area (Å²) in [6, 6.07) is 0. The number of hydrogen-bond acceptors (Lipinski definition) is 4. The van der Waals surface area contributed by atoms with Crippen molar-refractivity contribution in [2.45, 2.75) is 6.42 Å². The van der Waals surface area contributed by atoms with E-state index in [0.717, 1.165) is 0 Å². The molecular weight excluding hydrogens is 167 g/mol. The minimum Gasteiger partial charge on any atom is -0.286 e. The van der Waals surface area contributed by atoms with E-state index in [1.807, 2.05) is 0 Å². The quantitative estimate of drug-likeness (QED) is 0.368. The molecule has 0 amide bonds. The normalized spacial score (nSPS) is 21.4. The fourth-order valence-electron chi connectivity index (χ4n) is 0.626. The van der Waals surface area contributed by atoms with E-state index in [-0.39, 0.29) is 6.61 Å². The Balaban J connectivity index is 2.25. The summed E-state index contributed by atoms with van der Waals surface area (Å²) in [4.78, 5) is 0. The number of rotatable bonds is 3. The standard InChI is InChI=1S/C6H9O4P/c1-2-3-4-8-11(7)9-5-6-10-11/h1H,3-6H2. The maximum absolute atomic E-state index is 11.2. The van der Waals surface area contributed by atoms with E-state index in [1.165, 1.54) is 0 Å². The van der Waals surface area contributed by atoms with Crippen molar-refractivity contribution in [2.24, 2.45) is 0 Å². The van der Waals surface area contributed by atoms with E-state index < -0.39 is 7.82 Å². The van der Waals surface area contributed by atoms with Crippen LogP contribution in [0.25, 0.3) is 0 Å². The molecule has 11 heavy (non-hydrogen) atoms. The molecule has 4 nitrogen and oxygen atoms in total. The molecule has 0 bridgehead atoms. The number of hydrogen-bond donors (Lipinski definition) is 0. The van der Waals surface area contributed by atoms with E-state index in [2.05, 4.69) is 5.92 Å². The summed E-state index contributed by atoms with van der Waals surface area (Å²) in [5, 5.41) is 0. The predicted octanol–water partition coefficient (Wildman–Crippen LogP) is 1.18. The van der Waals surface area contributed by atoms with Gasteiger partial charge in [0.1, 0.15) is 0 Å². The van der Waals surface area contributed by atoms with Crippen molar-refractivity contribution in [2.75, 3.05) is 19.8 Å². The number of phosphoric acid groups is 1. The van der Waals surface area contributed by atoms with Crippen molar-refractivity contribution < 1.29 is 18.1 Å². The first kappa shape index (κ1) is 8.76. The predicted molar refractivity (Wildman–Crippen MR) is 38.9 cm³/mol. The molecule has 0 aliphatic carbocycles. The van der Waals surface area contributed by atoms with Crippen LogP contribution >= 0.6 is 7.82 Å². The van der Waals surface area contributed by atoms with Gasteiger partial charge in [0.2, 0.25) is 0 Å². The summed E-state index contributed by atoms with van der Waals surface area (Å²) in [6.07, 6.45) is 5.37. The SMILES string of the molecule is C#CCCOP1(=O)OCCO1. The van der Waals surface area contributed by atoms with Gasteiger partial charge in [0, 0.05) is 6.42 Å². The molecule has 0 aromatic carbocycles. The first-order chi connectivity index (χ1) is 5.27. The topological polar surface area (TPSA) is 44.8 Å². The van der Waals surface area contributed by atoms with Gasteiger partial charge in [-0.15, -0.1) is 12.3 Å². The fraction of sp³-hybridized carbons (Fsp3) is 0.667. The van der Waals surface area contributed by atoms with E-state index in [1.54, 1.807) is 0 Å². The molecule has 0 saturated carbocycles. The lowest BCUT2D eigenvalue weighted by atomic mass is 10.5. The monoisotopic (exact) mass is 176 g/mol. The second kappa shape index (κ2) is 3.89. The Morgan fingerprint density at radius 1 is 1.55 bits per heavy atom. The highest BCUT2D eigenvalue weighted by atomic mass is 31.2. The Bertz CT molecular complexity index is 197. The van der Waals surface area contributed by atoms with Gasteiger partial charge in [-0.1, -0.05) is 0 Å². The molecule has 0 radical (unpaired) electrons. The molecule has 0 atom stereocenters. The third-order valence-corrected chi connectivity index (χ3v) is 2.57. The Morgan fingerprint density at radius 3 is 2.73 bits per heavy atom. The summed E-state index contributed by atoms with van der Waals surface area (Å²) in [5.41, 5.74) is 0. The zero-order valence-electron chi connectivity index (χ0n) is 5.99. The van der Waals surface area contributed by atoms with Crippen LogP contribution in [0.4, 0.5) is 0 Å². The lowest BCUT2D eigenvalue weighted by Gasteiger charge is -2.06. The summed E-state index contributed by atoms with van der Waals surface area (Å²) in [6.45, 7) is 0.869. The molecule has 1 aliphatic heterocycles. The second-order valence-corrected chi connectivity index (χ2v) is 3.57. The van der Waals surface area contributed by atoms with Crippen molar-refractivity contribution in [1.29, 1.82) is 0 Å². The van der Waals surface area contributed by atoms with Gasteiger partial charge in [-0.2, -0.15) is 0 Å². The largest absolute Gasteiger partial charge is 0.474 e. The average Bonchev–Trinajstić information content (AvgIpc) is 2.38. The van der Waals surface area contributed by atoms with Crippen LogP contribution < -0.4 is 0 Å². The molecule has 0 aromatic heterocycles. The van der Waals surface area contributed by atoms with E-state index in [4.69, 9.17) is 20.0 Å². The zero-order chi connectivity index (χ0) is 8.16. The average molecular weight is 176 g/mol. The maximum Gasteiger partial charge on any atom is 0.474 e. The van der Waals surface area contributed by atoms with Crippen LogP contribution in [0, 0.1) is 12.3 Å². The third-order valence-electron chi connectivity index (χ3n) is 1.08. The smallest absolute Gasteiger partial charge is 0.286 e. The van der Waals surface area contributed by atoms with Crippen LogP contribution in [0.2, 0.25) is 0 Å². The number of phosphoric ester groups is 1. The minimum absolute atomic E-state index is 0.216. The van der Waals surface area contributed by atoms with Gasteiger partial charge in [0.25, 0.3) is 0 Å². The Hall–Kier alpha value is -0.330. The minimum atomic E-state index is -3.20. The van der Waals surface area contributed by atoms with Crippen molar-refractivity contribution in [3.63, 3.8) is 0 Å². The van der Waals surface area contributed by atoms with Crippen LogP contribution in [0.1, 0.15) is 6.42 Å². The van der Waals surface area contributed by atoms with Crippen LogP contribution in [0.5, 0.6) is 0 Å². The first-order valence-electron chi connectivity index (χ1n) is 3.24. The third kappa shape index (κ3) is 2.64.